The zero-order valence-electron chi connectivity index (χ0n) is 16.3. The van der Waals surface area contributed by atoms with Crippen LogP contribution in [-0.2, 0) is 11.4 Å². The number of rotatable bonds is 8. The number of anilines is 1. The van der Waals surface area contributed by atoms with Gasteiger partial charge in [-0.2, -0.15) is 4.98 Å². The first kappa shape index (κ1) is 20.6. The van der Waals surface area contributed by atoms with E-state index in [4.69, 9.17) is 14.0 Å². The van der Waals surface area contributed by atoms with Crippen molar-refractivity contribution >= 4 is 27.5 Å². The van der Waals surface area contributed by atoms with Crippen LogP contribution in [0.15, 0.2) is 87.9 Å². The first-order valence-corrected chi connectivity index (χ1v) is 10.2. The zero-order valence-corrected chi connectivity index (χ0v) is 17.9. The zero-order chi connectivity index (χ0) is 21.5. The highest BCUT2D eigenvalue weighted by Gasteiger charge is 2.15. The van der Waals surface area contributed by atoms with Gasteiger partial charge in [0.1, 0.15) is 11.5 Å². The van der Waals surface area contributed by atoms with Gasteiger partial charge in [0, 0.05) is 4.47 Å². The topological polar surface area (TPSA) is 86.5 Å². The van der Waals surface area contributed by atoms with Gasteiger partial charge >= 0.3 is 0 Å². The molecule has 0 unspecified atom stereocenters. The number of carbonyl (C=O) groups is 1. The molecule has 8 heteroatoms. The molecule has 0 spiro atoms. The Morgan fingerprint density at radius 1 is 0.903 bits per heavy atom. The largest absolute Gasteiger partial charge is 0.485 e. The number of nitrogens with one attached hydrogen (secondary N) is 1. The van der Waals surface area contributed by atoms with Crippen LogP contribution in [0.2, 0.25) is 0 Å². The van der Waals surface area contributed by atoms with Gasteiger partial charge in [-0.1, -0.05) is 51.4 Å². The van der Waals surface area contributed by atoms with Crippen LogP contribution in [0.4, 0.5) is 5.69 Å². The first-order chi connectivity index (χ1) is 15.2. The number of hydrogen-bond acceptors (Lipinski definition) is 6. The van der Waals surface area contributed by atoms with E-state index in [2.05, 4.69) is 31.4 Å². The number of carbonyl (C=O) groups excluding carboxylic acids is 1. The molecule has 0 aliphatic heterocycles. The van der Waals surface area contributed by atoms with Gasteiger partial charge in [-0.05, 0) is 48.5 Å². The number of benzene rings is 3. The Hall–Kier alpha value is -3.65. The van der Waals surface area contributed by atoms with Crippen molar-refractivity contribution in [1.29, 1.82) is 0 Å². The van der Waals surface area contributed by atoms with Gasteiger partial charge in [0.2, 0.25) is 5.82 Å². The molecule has 3 aromatic carbocycles. The molecule has 0 radical (unpaired) electrons. The van der Waals surface area contributed by atoms with E-state index >= 15 is 0 Å². The maximum absolute atomic E-state index is 12.4. The van der Waals surface area contributed by atoms with E-state index in [-0.39, 0.29) is 25.0 Å². The first-order valence-electron chi connectivity index (χ1n) is 9.45. The summed E-state index contributed by atoms with van der Waals surface area (Å²) in [7, 11) is 0. The molecule has 1 aromatic heterocycles. The molecule has 1 N–H and O–H groups in total. The van der Waals surface area contributed by atoms with Gasteiger partial charge in [0.25, 0.3) is 11.8 Å². The SMILES string of the molecule is O=C(COc1ccc(Br)cc1)Nc1ccccc1-c1nc(COc2ccccc2)no1. The minimum Gasteiger partial charge on any atom is -0.485 e. The predicted molar refractivity (Wildman–Crippen MR) is 119 cm³/mol. The lowest BCUT2D eigenvalue weighted by Crippen LogP contribution is -2.20. The molecule has 4 aromatic rings. The Labute approximate surface area is 187 Å². The summed E-state index contributed by atoms with van der Waals surface area (Å²) in [4.78, 5) is 16.7. The molecule has 0 aliphatic rings. The molecule has 0 saturated heterocycles. The third kappa shape index (κ3) is 5.70. The van der Waals surface area contributed by atoms with Crippen LogP contribution in [0.5, 0.6) is 11.5 Å². The average Bonchev–Trinajstić information content (AvgIpc) is 3.27. The minimum atomic E-state index is -0.303. The number of aromatic nitrogens is 2. The summed E-state index contributed by atoms with van der Waals surface area (Å²) in [5.41, 5.74) is 1.16. The summed E-state index contributed by atoms with van der Waals surface area (Å²) >= 11 is 3.36. The van der Waals surface area contributed by atoms with E-state index in [1.54, 1.807) is 24.3 Å². The molecule has 1 amide bonds. The molecule has 156 valence electrons. The van der Waals surface area contributed by atoms with Gasteiger partial charge < -0.3 is 19.3 Å². The molecular weight excluding hydrogens is 462 g/mol. The number of hydrogen-bond donors (Lipinski definition) is 1. The van der Waals surface area contributed by atoms with Crippen LogP contribution in [-0.4, -0.2) is 22.7 Å². The van der Waals surface area contributed by atoms with Crippen molar-refractivity contribution < 1.29 is 18.8 Å². The number of nitrogens with zero attached hydrogens (tertiary/aromatic N) is 2. The second-order valence-electron chi connectivity index (χ2n) is 6.45. The summed E-state index contributed by atoms with van der Waals surface area (Å²) in [6.07, 6.45) is 0. The van der Waals surface area contributed by atoms with Crippen molar-refractivity contribution in [3.8, 4) is 23.0 Å². The summed E-state index contributed by atoms with van der Waals surface area (Å²) < 4.78 is 17.5. The highest BCUT2D eigenvalue weighted by Crippen LogP contribution is 2.26. The minimum absolute atomic E-state index is 0.129. The Balaban J connectivity index is 1.39. The van der Waals surface area contributed by atoms with Gasteiger partial charge in [-0.3, -0.25) is 4.79 Å². The average molecular weight is 480 g/mol. The van der Waals surface area contributed by atoms with Crippen LogP contribution >= 0.6 is 15.9 Å². The molecule has 0 fully saturated rings. The quantitative estimate of drug-likeness (QED) is 0.378. The monoisotopic (exact) mass is 479 g/mol. The number of ether oxygens (including phenoxy) is 2. The lowest BCUT2D eigenvalue weighted by atomic mass is 10.1. The van der Waals surface area contributed by atoms with E-state index in [1.165, 1.54) is 0 Å². The summed E-state index contributed by atoms with van der Waals surface area (Å²) in [6.45, 7) is 0.0407. The molecule has 0 saturated carbocycles. The molecule has 0 bridgehead atoms. The summed E-state index contributed by atoms with van der Waals surface area (Å²) in [6, 6.07) is 23.8. The van der Waals surface area contributed by atoms with Crippen molar-refractivity contribution in [3.63, 3.8) is 0 Å². The van der Waals surface area contributed by atoms with E-state index < -0.39 is 0 Å². The van der Waals surface area contributed by atoms with Crippen molar-refractivity contribution in [2.75, 3.05) is 11.9 Å². The van der Waals surface area contributed by atoms with Crippen LogP contribution < -0.4 is 14.8 Å². The Morgan fingerprint density at radius 2 is 1.61 bits per heavy atom. The molecule has 4 rings (SSSR count). The van der Waals surface area contributed by atoms with Gasteiger partial charge in [-0.25, -0.2) is 0 Å². The fraction of sp³-hybridized carbons (Fsp3) is 0.0870. The Kier molecular flexibility index (Phi) is 6.59. The Morgan fingerprint density at radius 3 is 2.42 bits per heavy atom. The third-order valence-corrected chi connectivity index (χ3v) is 4.72. The summed E-state index contributed by atoms with van der Waals surface area (Å²) in [5.74, 6) is 1.70. The second kappa shape index (κ2) is 9.90. The van der Waals surface area contributed by atoms with E-state index in [0.29, 0.717) is 28.6 Å². The number of halogens is 1. The number of amides is 1. The van der Waals surface area contributed by atoms with Gasteiger partial charge in [0.05, 0.1) is 11.3 Å². The van der Waals surface area contributed by atoms with Crippen molar-refractivity contribution in [2.24, 2.45) is 0 Å². The normalized spacial score (nSPS) is 10.5. The molecule has 7 nitrogen and oxygen atoms in total. The van der Waals surface area contributed by atoms with Crippen molar-refractivity contribution in [2.45, 2.75) is 6.61 Å². The standard InChI is InChI=1S/C23H18BrN3O4/c24-16-10-12-18(13-11-16)30-15-22(28)25-20-9-5-4-8-19(20)23-26-21(27-31-23)14-29-17-6-2-1-3-7-17/h1-13H,14-15H2,(H,25,28). The Bertz CT molecular complexity index is 1150. The summed E-state index contributed by atoms with van der Waals surface area (Å²) in [5, 5.41) is 6.78. The fourth-order valence-electron chi connectivity index (χ4n) is 2.73. The maximum atomic E-state index is 12.4. The van der Waals surface area contributed by atoms with Crippen LogP contribution in [0.25, 0.3) is 11.5 Å². The van der Waals surface area contributed by atoms with E-state index in [9.17, 15) is 4.79 Å². The predicted octanol–water partition coefficient (Wildman–Crippen LogP) is 5.10. The molecule has 31 heavy (non-hydrogen) atoms. The van der Waals surface area contributed by atoms with Crippen molar-refractivity contribution in [1.82, 2.24) is 10.1 Å². The fourth-order valence-corrected chi connectivity index (χ4v) is 3.00. The highest BCUT2D eigenvalue weighted by atomic mass is 79.9. The molecule has 1 heterocycles. The molecule has 0 atom stereocenters. The van der Waals surface area contributed by atoms with Crippen LogP contribution in [0.1, 0.15) is 5.82 Å². The van der Waals surface area contributed by atoms with Crippen molar-refractivity contribution in [3.05, 3.63) is 89.2 Å². The second-order valence-corrected chi connectivity index (χ2v) is 7.37. The lowest BCUT2D eigenvalue weighted by molar-refractivity contribution is -0.118. The smallest absolute Gasteiger partial charge is 0.262 e. The van der Waals surface area contributed by atoms with Gasteiger partial charge in [0.15, 0.2) is 13.2 Å². The molecule has 0 aliphatic carbocycles. The number of para-hydroxylation sites is 2. The highest BCUT2D eigenvalue weighted by molar-refractivity contribution is 9.10. The lowest BCUT2D eigenvalue weighted by Gasteiger charge is -2.09. The molecular formula is C23H18BrN3O4. The van der Waals surface area contributed by atoms with Crippen LogP contribution in [0.3, 0.4) is 0 Å². The van der Waals surface area contributed by atoms with Crippen LogP contribution in [0, 0.1) is 0 Å². The van der Waals surface area contributed by atoms with Gasteiger partial charge in [-0.15, -0.1) is 0 Å². The van der Waals surface area contributed by atoms with E-state index in [1.807, 2.05) is 54.6 Å². The maximum Gasteiger partial charge on any atom is 0.262 e. The van der Waals surface area contributed by atoms with E-state index in [0.717, 1.165) is 4.47 Å². The third-order valence-electron chi connectivity index (χ3n) is 4.19.